The number of methoxy groups -OCH3 is 1. The molecule has 3 fully saturated rings. The largest absolute Gasteiger partial charge is 0.481 e. The van der Waals surface area contributed by atoms with E-state index in [1.165, 1.54) is 18.2 Å². The van der Waals surface area contributed by atoms with E-state index in [0.717, 1.165) is 7.11 Å². The fourth-order valence-corrected chi connectivity index (χ4v) is 7.96. The van der Waals surface area contributed by atoms with Gasteiger partial charge >= 0.3 is 17.9 Å². The molecule has 0 spiro atoms. The van der Waals surface area contributed by atoms with Crippen LogP contribution in [-0.2, 0) is 28.7 Å². The molecule has 0 aromatic carbocycles. The average Bonchev–Trinajstić information content (AvgIpc) is 3.03. The molecule has 0 heterocycles. The highest BCUT2D eigenvalue weighted by atomic mass is 19.1. The van der Waals surface area contributed by atoms with Gasteiger partial charge in [-0.15, -0.1) is 0 Å². The van der Waals surface area contributed by atoms with E-state index in [4.69, 9.17) is 14.6 Å². The third-order valence-electron chi connectivity index (χ3n) is 9.91. The van der Waals surface area contributed by atoms with Crippen LogP contribution in [-0.4, -0.2) is 69.6 Å². The first-order valence-corrected chi connectivity index (χ1v) is 12.7. The van der Waals surface area contributed by atoms with Crippen molar-refractivity contribution < 1.29 is 48.4 Å². The van der Waals surface area contributed by atoms with Crippen LogP contribution in [0.2, 0.25) is 0 Å². The van der Waals surface area contributed by atoms with Crippen LogP contribution in [0, 0.1) is 28.6 Å². The van der Waals surface area contributed by atoms with E-state index in [1.54, 1.807) is 20.8 Å². The summed E-state index contributed by atoms with van der Waals surface area (Å²) < 4.78 is 27.5. The van der Waals surface area contributed by atoms with E-state index in [1.807, 2.05) is 0 Å². The molecule has 9 atom stereocenters. The van der Waals surface area contributed by atoms with Crippen LogP contribution in [0.25, 0.3) is 0 Å². The number of aliphatic hydroxyl groups is 2. The van der Waals surface area contributed by atoms with Crippen molar-refractivity contribution in [1.29, 1.82) is 0 Å². The Balaban J connectivity index is 1.75. The first-order chi connectivity index (χ1) is 17.2. The molecular formula is C27H35FO9. The number of carboxylic acid groups (broad SMARTS) is 1. The zero-order valence-corrected chi connectivity index (χ0v) is 21.5. The van der Waals surface area contributed by atoms with Crippen molar-refractivity contribution in [3.05, 3.63) is 23.8 Å². The molecule has 37 heavy (non-hydrogen) atoms. The average molecular weight is 523 g/mol. The van der Waals surface area contributed by atoms with E-state index < -0.39 is 82.8 Å². The van der Waals surface area contributed by atoms with Gasteiger partial charge in [0, 0.05) is 16.7 Å². The van der Waals surface area contributed by atoms with Gasteiger partial charge in [-0.25, -0.2) is 9.18 Å². The number of aliphatic hydroxyl groups excluding tert-OH is 1. The maximum atomic E-state index is 17.3. The second-order valence-corrected chi connectivity index (χ2v) is 11.5. The fourth-order valence-electron chi connectivity index (χ4n) is 7.96. The molecule has 0 unspecified atom stereocenters. The summed E-state index contributed by atoms with van der Waals surface area (Å²) in [6.45, 7) is 5.05. The minimum Gasteiger partial charge on any atom is -0.481 e. The molecule has 204 valence electrons. The van der Waals surface area contributed by atoms with E-state index >= 15 is 4.39 Å². The van der Waals surface area contributed by atoms with Crippen molar-refractivity contribution in [3.8, 4) is 0 Å². The Labute approximate surface area is 214 Å². The molecule has 3 saturated carbocycles. The zero-order chi connectivity index (χ0) is 27.6. The number of esters is 2. The standard InChI is InChI=1S/C27H35FO9/c1-14-11-18-17-6-5-15-12-16(29)9-10-24(15,2)26(17,28)19(30)13-25(18,3)27(14,35)22(23(34)36-4)37-21(33)8-7-20(31)32/h9-10,12,14,17-19,22,30,35H,5-8,11,13H2,1-4H3,(H,31,32)/t14-,17+,18+,19+,22-,24+,25+,26+,27+/m1/s1. The van der Waals surface area contributed by atoms with Crippen LogP contribution in [0.15, 0.2) is 23.8 Å². The van der Waals surface area contributed by atoms with Gasteiger partial charge in [-0.1, -0.05) is 25.5 Å². The van der Waals surface area contributed by atoms with Crippen molar-refractivity contribution in [3.63, 3.8) is 0 Å². The zero-order valence-electron chi connectivity index (χ0n) is 21.5. The Morgan fingerprint density at radius 1 is 1.22 bits per heavy atom. The summed E-state index contributed by atoms with van der Waals surface area (Å²) >= 11 is 0. The van der Waals surface area contributed by atoms with Crippen molar-refractivity contribution in [2.75, 3.05) is 7.11 Å². The molecule has 4 aliphatic rings. The van der Waals surface area contributed by atoms with E-state index in [2.05, 4.69) is 0 Å². The van der Waals surface area contributed by atoms with Gasteiger partial charge in [-0.05, 0) is 56.6 Å². The summed E-state index contributed by atoms with van der Waals surface area (Å²) in [4.78, 5) is 48.2. The molecule has 3 N–H and O–H groups in total. The lowest BCUT2D eigenvalue weighted by Crippen LogP contribution is -2.70. The number of fused-ring (bicyclic) bond motifs is 5. The lowest BCUT2D eigenvalue weighted by Gasteiger charge is -2.63. The minimum absolute atomic E-state index is 0.223. The molecule has 0 amide bonds. The Morgan fingerprint density at radius 3 is 2.51 bits per heavy atom. The van der Waals surface area contributed by atoms with Gasteiger partial charge in [-0.2, -0.15) is 0 Å². The topological polar surface area (TPSA) is 147 Å². The molecule has 0 aromatic heterocycles. The number of allylic oxidation sites excluding steroid dienone is 4. The fraction of sp³-hybridized carbons (Fsp3) is 0.704. The Bertz CT molecular complexity index is 1080. The lowest BCUT2D eigenvalue weighted by molar-refractivity contribution is -0.246. The van der Waals surface area contributed by atoms with Crippen LogP contribution in [0.5, 0.6) is 0 Å². The molecule has 4 rings (SSSR count). The van der Waals surface area contributed by atoms with Gasteiger partial charge in [0.25, 0.3) is 0 Å². The summed E-state index contributed by atoms with van der Waals surface area (Å²) in [5, 5.41) is 32.6. The molecule has 0 aromatic rings. The molecule has 0 saturated heterocycles. The Kier molecular flexibility index (Phi) is 6.68. The minimum atomic E-state index is -2.12. The monoisotopic (exact) mass is 522 g/mol. The molecule has 9 nitrogen and oxygen atoms in total. The third-order valence-corrected chi connectivity index (χ3v) is 9.91. The number of hydrogen-bond donors (Lipinski definition) is 3. The highest BCUT2D eigenvalue weighted by molar-refractivity contribution is 6.01. The predicted molar refractivity (Wildman–Crippen MR) is 127 cm³/mol. The number of carboxylic acids is 1. The molecule has 0 bridgehead atoms. The number of alkyl halides is 1. The first-order valence-electron chi connectivity index (χ1n) is 12.7. The van der Waals surface area contributed by atoms with Gasteiger partial charge in [-0.3, -0.25) is 14.4 Å². The number of rotatable bonds is 6. The summed E-state index contributed by atoms with van der Waals surface area (Å²) in [5.74, 6) is -5.30. The first kappa shape index (κ1) is 27.4. The number of carbonyl (C=O) groups excluding carboxylic acids is 3. The second kappa shape index (κ2) is 9.01. The third kappa shape index (κ3) is 3.70. The van der Waals surface area contributed by atoms with E-state index in [9.17, 15) is 29.4 Å². The second-order valence-electron chi connectivity index (χ2n) is 11.5. The molecule has 0 aliphatic heterocycles. The van der Waals surface area contributed by atoms with Gasteiger partial charge in [0.1, 0.15) is 5.60 Å². The molecule has 0 radical (unpaired) electrons. The quantitative estimate of drug-likeness (QED) is 0.447. The van der Waals surface area contributed by atoms with E-state index in [0.29, 0.717) is 24.8 Å². The summed E-state index contributed by atoms with van der Waals surface area (Å²) in [7, 11) is 1.08. The van der Waals surface area contributed by atoms with Crippen LogP contribution in [0.1, 0.15) is 59.3 Å². The summed E-state index contributed by atoms with van der Waals surface area (Å²) in [6.07, 6.45) is 0.786. The normalized spacial score (nSPS) is 43.1. The van der Waals surface area contributed by atoms with Crippen molar-refractivity contribution in [2.45, 2.75) is 82.8 Å². The van der Waals surface area contributed by atoms with Crippen molar-refractivity contribution in [2.24, 2.45) is 28.6 Å². The van der Waals surface area contributed by atoms with Crippen LogP contribution < -0.4 is 0 Å². The smallest absolute Gasteiger partial charge is 0.350 e. The van der Waals surface area contributed by atoms with Gasteiger partial charge in [0.2, 0.25) is 6.10 Å². The maximum absolute atomic E-state index is 17.3. The SMILES string of the molecule is COC(=O)[C@@H](OC(=O)CCC(=O)O)[C@@]1(O)[C@H](C)C[C@H]2[C@@H]3CCC4=CC(=O)C=C[C@]4(C)[C@@]3(F)[C@@H](O)C[C@@]21C. The Hall–Kier alpha value is -2.59. The number of ether oxygens (including phenoxy) is 2. The number of aliphatic carboxylic acids is 1. The maximum Gasteiger partial charge on any atom is 0.350 e. The number of hydrogen-bond acceptors (Lipinski definition) is 8. The van der Waals surface area contributed by atoms with Crippen LogP contribution >= 0.6 is 0 Å². The van der Waals surface area contributed by atoms with Crippen molar-refractivity contribution >= 4 is 23.7 Å². The van der Waals surface area contributed by atoms with Crippen molar-refractivity contribution in [1.82, 2.24) is 0 Å². The number of halogens is 1. The highest BCUT2D eigenvalue weighted by Crippen LogP contribution is 2.71. The molecular weight excluding hydrogens is 487 g/mol. The summed E-state index contributed by atoms with van der Waals surface area (Å²) in [5.41, 5.74) is -5.96. The van der Waals surface area contributed by atoms with Gasteiger partial charge in [0.05, 0.1) is 26.1 Å². The summed E-state index contributed by atoms with van der Waals surface area (Å²) in [6, 6.07) is 0. The molecule has 10 heteroatoms. The molecule has 4 aliphatic carbocycles. The highest BCUT2D eigenvalue weighted by Gasteiger charge is 2.76. The lowest BCUT2D eigenvalue weighted by atomic mass is 9.44. The van der Waals surface area contributed by atoms with Crippen LogP contribution in [0.4, 0.5) is 4.39 Å². The van der Waals surface area contributed by atoms with Gasteiger partial charge < -0.3 is 24.8 Å². The number of carbonyl (C=O) groups is 4. The van der Waals surface area contributed by atoms with E-state index in [-0.39, 0.29) is 12.2 Å². The predicted octanol–water partition coefficient (Wildman–Crippen LogP) is 2.28. The van der Waals surface area contributed by atoms with Crippen LogP contribution in [0.3, 0.4) is 0 Å². The Morgan fingerprint density at radius 2 is 1.89 bits per heavy atom. The van der Waals surface area contributed by atoms with Gasteiger partial charge in [0.15, 0.2) is 11.5 Å². The number of ketones is 1.